The Morgan fingerprint density at radius 2 is 1.28 bits per heavy atom. The number of carbonyl (C=O) groups excluding carboxylic acids is 3. The molecule has 0 unspecified atom stereocenters. The molecule has 0 N–H and O–H groups in total. The van der Waals surface area contributed by atoms with E-state index in [1.165, 1.54) is 0 Å². The molecule has 0 aromatic heterocycles. The molecular formula is C26H20N2O4. The number of ketones is 1. The fraction of sp³-hybridized carbons (Fsp3) is 0.0769. The third-order valence-corrected chi connectivity index (χ3v) is 4.60. The SMILES string of the molecule is COC(=O)/C(=N/N=C(c1ccccc1)c1ccccc1)C(=C=O)C(=O)c1ccc(C)cc1. The van der Waals surface area contributed by atoms with Crippen LogP contribution < -0.4 is 0 Å². The van der Waals surface area contributed by atoms with Crippen LogP contribution in [0.5, 0.6) is 0 Å². The molecule has 3 aromatic rings. The van der Waals surface area contributed by atoms with E-state index in [1.54, 1.807) is 30.2 Å². The molecule has 0 saturated heterocycles. The van der Waals surface area contributed by atoms with Gasteiger partial charge < -0.3 is 4.74 Å². The monoisotopic (exact) mass is 424 g/mol. The van der Waals surface area contributed by atoms with E-state index in [9.17, 15) is 14.4 Å². The minimum Gasteiger partial charge on any atom is -0.464 e. The first-order valence-electron chi connectivity index (χ1n) is 9.76. The third kappa shape index (κ3) is 5.19. The topological polar surface area (TPSA) is 85.2 Å². The quantitative estimate of drug-likeness (QED) is 0.143. The molecule has 0 saturated carbocycles. The lowest BCUT2D eigenvalue weighted by atomic mass is 10.00. The molecule has 0 fully saturated rings. The van der Waals surface area contributed by atoms with Crippen LogP contribution in [0.3, 0.4) is 0 Å². The summed E-state index contributed by atoms with van der Waals surface area (Å²) in [6, 6.07) is 25.0. The molecule has 158 valence electrons. The first-order valence-corrected chi connectivity index (χ1v) is 9.76. The van der Waals surface area contributed by atoms with Gasteiger partial charge in [-0.15, -0.1) is 10.2 Å². The van der Waals surface area contributed by atoms with Crippen LogP contribution in [0.1, 0.15) is 27.0 Å². The van der Waals surface area contributed by atoms with Crippen LogP contribution in [-0.2, 0) is 14.3 Å². The molecule has 0 spiro atoms. The standard InChI is InChI=1S/C26H20N2O4/c1-18-13-15-21(16-14-18)25(30)22(17-29)24(26(31)32-2)28-27-23(19-9-5-3-6-10-19)20-11-7-4-8-12-20/h3-16H,1-2H3/b28-24+. The number of carbonyl (C=O) groups is 2. The van der Waals surface area contributed by atoms with Crippen molar-refractivity contribution in [3.63, 3.8) is 0 Å². The first kappa shape index (κ1) is 22.3. The summed E-state index contributed by atoms with van der Waals surface area (Å²) in [6.45, 7) is 1.87. The van der Waals surface area contributed by atoms with Gasteiger partial charge in [0.25, 0.3) is 0 Å². The van der Waals surface area contributed by atoms with E-state index in [-0.39, 0.29) is 5.56 Å². The number of aryl methyl sites for hydroxylation is 1. The molecule has 3 rings (SSSR count). The smallest absolute Gasteiger partial charge is 0.360 e. The summed E-state index contributed by atoms with van der Waals surface area (Å²) >= 11 is 0. The fourth-order valence-corrected chi connectivity index (χ4v) is 2.92. The summed E-state index contributed by atoms with van der Waals surface area (Å²) in [5.74, 6) is -0.109. The van der Waals surface area contributed by atoms with Crippen LogP contribution in [0.25, 0.3) is 0 Å². The molecule has 6 nitrogen and oxygen atoms in total. The lowest BCUT2D eigenvalue weighted by Gasteiger charge is -2.07. The van der Waals surface area contributed by atoms with Crippen LogP contribution in [-0.4, -0.2) is 36.2 Å². The Morgan fingerprint density at radius 1 is 0.750 bits per heavy atom. The van der Waals surface area contributed by atoms with Crippen molar-refractivity contribution in [1.29, 1.82) is 0 Å². The van der Waals surface area contributed by atoms with Gasteiger partial charge in [0.1, 0.15) is 17.2 Å². The van der Waals surface area contributed by atoms with Crippen LogP contribution in [0, 0.1) is 6.92 Å². The van der Waals surface area contributed by atoms with Crippen molar-refractivity contribution in [1.82, 2.24) is 0 Å². The van der Waals surface area contributed by atoms with Gasteiger partial charge in [0.15, 0.2) is 5.71 Å². The maximum absolute atomic E-state index is 12.9. The molecule has 0 amide bonds. The Hall–Kier alpha value is -4.41. The van der Waals surface area contributed by atoms with E-state index in [0.29, 0.717) is 5.71 Å². The van der Waals surface area contributed by atoms with Crippen molar-refractivity contribution in [3.05, 3.63) is 113 Å². The van der Waals surface area contributed by atoms with Gasteiger partial charge in [-0.1, -0.05) is 90.5 Å². The fourth-order valence-electron chi connectivity index (χ4n) is 2.92. The molecule has 0 atom stereocenters. The molecule has 0 heterocycles. The molecule has 32 heavy (non-hydrogen) atoms. The molecule has 0 aliphatic rings. The average Bonchev–Trinajstić information content (AvgIpc) is 2.84. The number of nitrogens with zero attached hydrogens (tertiary/aromatic N) is 2. The van der Waals surface area contributed by atoms with E-state index < -0.39 is 23.0 Å². The summed E-state index contributed by atoms with van der Waals surface area (Å²) in [5.41, 5.74) is 2.05. The predicted octanol–water partition coefficient (Wildman–Crippen LogP) is 4.00. The van der Waals surface area contributed by atoms with Crippen molar-refractivity contribution < 1.29 is 19.1 Å². The number of ether oxygens (including phenoxy) is 1. The van der Waals surface area contributed by atoms with Gasteiger partial charge >= 0.3 is 5.97 Å². The number of hydrogen-bond donors (Lipinski definition) is 0. The Labute approximate surface area is 185 Å². The lowest BCUT2D eigenvalue weighted by Crippen LogP contribution is -2.24. The second-order valence-electron chi connectivity index (χ2n) is 6.79. The highest BCUT2D eigenvalue weighted by atomic mass is 16.5. The van der Waals surface area contributed by atoms with E-state index in [1.807, 2.05) is 67.6 Å². The van der Waals surface area contributed by atoms with E-state index in [4.69, 9.17) is 4.74 Å². The third-order valence-electron chi connectivity index (χ3n) is 4.60. The summed E-state index contributed by atoms with van der Waals surface area (Å²) < 4.78 is 4.75. The number of methoxy groups -OCH3 is 1. The summed E-state index contributed by atoms with van der Waals surface area (Å²) in [6.07, 6.45) is 0. The van der Waals surface area contributed by atoms with E-state index >= 15 is 0 Å². The second kappa shape index (κ2) is 10.6. The first-order chi connectivity index (χ1) is 15.5. The maximum atomic E-state index is 12.9. The Morgan fingerprint density at radius 3 is 1.75 bits per heavy atom. The van der Waals surface area contributed by atoms with Crippen molar-refractivity contribution in [2.24, 2.45) is 10.2 Å². The zero-order valence-corrected chi connectivity index (χ0v) is 17.6. The molecular weight excluding hydrogens is 404 g/mol. The van der Waals surface area contributed by atoms with Crippen molar-refractivity contribution in [2.75, 3.05) is 7.11 Å². The van der Waals surface area contributed by atoms with Gasteiger partial charge in [-0.05, 0) is 6.92 Å². The molecule has 0 bridgehead atoms. The number of hydrogen-bond acceptors (Lipinski definition) is 6. The van der Waals surface area contributed by atoms with Crippen molar-refractivity contribution >= 4 is 29.1 Å². The van der Waals surface area contributed by atoms with Gasteiger partial charge in [0.2, 0.25) is 5.78 Å². The van der Waals surface area contributed by atoms with Gasteiger partial charge in [0, 0.05) is 16.7 Å². The largest absolute Gasteiger partial charge is 0.464 e. The molecule has 0 radical (unpaired) electrons. The molecule has 0 aliphatic heterocycles. The predicted molar refractivity (Wildman–Crippen MR) is 123 cm³/mol. The van der Waals surface area contributed by atoms with Crippen LogP contribution in [0.2, 0.25) is 0 Å². The molecule has 6 heteroatoms. The Bertz CT molecular complexity index is 1180. The zero-order valence-electron chi connectivity index (χ0n) is 17.6. The van der Waals surface area contributed by atoms with Gasteiger partial charge in [-0.2, -0.15) is 0 Å². The highest BCUT2D eigenvalue weighted by Gasteiger charge is 2.26. The Kier molecular flexibility index (Phi) is 7.36. The normalized spacial score (nSPS) is 10.6. The van der Waals surface area contributed by atoms with Crippen molar-refractivity contribution in [2.45, 2.75) is 6.92 Å². The second-order valence-corrected chi connectivity index (χ2v) is 6.79. The van der Waals surface area contributed by atoms with Gasteiger partial charge in [-0.25, -0.2) is 9.59 Å². The highest BCUT2D eigenvalue weighted by molar-refractivity contribution is 6.53. The number of benzene rings is 3. The van der Waals surface area contributed by atoms with Crippen molar-refractivity contribution in [3.8, 4) is 0 Å². The van der Waals surface area contributed by atoms with Gasteiger partial charge in [-0.3, -0.25) is 4.79 Å². The minimum absolute atomic E-state index is 0.223. The number of rotatable bonds is 7. The van der Waals surface area contributed by atoms with Crippen LogP contribution >= 0.6 is 0 Å². The van der Waals surface area contributed by atoms with Crippen LogP contribution in [0.15, 0.2) is 101 Å². The molecule has 3 aromatic carbocycles. The Balaban J connectivity index is 2.12. The minimum atomic E-state index is -0.965. The number of Topliss-reactive ketones (excluding diaryl/α,β-unsaturated/α-hetero) is 1. The van der Waals surface area contributed by atoms with Crippen LogP contribution in [0.4, 0.5) is 0 Å². The maximum Gasteiger partial charge on any atom is 0.360 e. The zero-order chi connectivity index (χ0) is 22.9. The molecule has 0 aliphatic carbocycles. The average molecular weight is 424 g/mol. The summed E-state index contributed by atoms with van der Waals surface area (Å²) in [4.78, 5) is 37.0. The summed E-state index contributed by atoms with van der Waals surface area (Å²) in [5, 5.41) is 8.24. The summed E-state index contributed by atoms with van der Waals surface area (Å²) in [7, 11) is 1.13. The lowest BCUT2D eigenvalue weighted by molar-refractivity contribution is -0.132. The van der Waals surface area contributed by atoms with Gasteiger partial charge in [0.05, 0.1) is 7.11 Å². The van der Waals surface area contributed by atoms with E-state index in [0.717, 1.165) is 23.8 Å². The highest BCUT2D eigenvalue weighted by Crippen LogP contribution is 2.14. The number of esters is 1. The van der Waals surface area contributed by atoms with E-state index in [2.05, 4.69) is 10.2 Å².